The van der Waals surface area contributed by atoms with Gasteiger partial charge in [-0.25, -0.2) is 0 Å². The van der Waals surface area contributed by atoms with Gasteiger partial charge in [-0.15, -0.1) is 0 Å². The highest BCUT2D eigenvalue weighted by atomic mass is 16.5. The Balaban J connectivity index is 1.93. The summed E-state index contributed by atoms with van der Waals surface area (Å²) in [4.78, 5) is 28.6. The van der Waals surface area contributed by atoms with Gasteiger partial charge in [-0.1, -0.05) is 6.07 Å². The Hall–Kier alpha value is -2.04. The van der Waals surface area contributed by atoms with E-state index in [0.29, 0.717) is 26.1 Å². The van der Waals surface area contributed by atoms with E-state index < -0.39 is 0 Å². The molecule has 0 saturated carbocycles. The second kappa shape index (κ2) is 6.22. The van der Waals surface area contributed by atoms with Crippen molar-refractivity contribution in [3.8, 4) is 5.75 Å². The molecule has 5 nitrogen and oxygen atoms in total. The molecule has 5 heteroatoms. The predicted molar refractivity (Wildman–Crippen MR) is 88.8 cm³/mol. The molecule has 23 heavy (non-hydrogen) atoms. The fraction of sp³-hybridized carbons (Fsp3) is 0.556. The van der Waals surface area contributed by atoms with E-state index in [9.17, 15) is 9.59 Å². The van der Waals surface area contributed by atoms with E-state index in [1.807, 2.05) is 24.0 Å². The minimum absolute atomic E-state index is 0.0548. The number of nitrogens with zero attached hydrogens (tertiary/aromatic N) is 2. The third kappa shape index (κ3) is 2.69. The number of aryl methyl sites for hydroxylation is 1. The first kappa shape index (κ1) is 15.8. The molecule has 0 aromatic heterocycles. The lowest BCUT2D eigenvalue weighted by Gasteiger charge is -2.33. The molecule has 1 atom stereocenters. The van der Waals surface area contributed by atoms with E-state index in [1.54, 1.807) is 12.0 Å². The molecule has 0 bridgehead atoms. The molecule has 3 rings (SSSR count). The van der Waals surface area contributed by atoms with Gasteiger partial charge in [-0.2, -0.15) is 0 Å². The van der Waals surface area contributed by atoms with Gasteiger partial charge in [0, 0.05) is 26.1 Å². The van der Waals surface area contributed by atoms with Crippen LogP contribution in [0, 0.1) is 12.8 Å². The Labute approximate surface area is 137 Å². The maximum Gasteiger partial charge on any atom is 0.232 e. The van der Waals surface area contributed by atoms with Gasteiger partial charge in [0.25, 0.3) is 0 Å². The number of methoxy groups -OCH3 is 1. The van der Waals surface area contributed by atoms with E-state index in [0.717, 1.165) is 24.3 Å². The SMILES string of the molecule is CCN1CC(C(=O)N2CCCc3c(C)ccc(OC)c32)CC1=O. The van der Waals surface area contributed by atoms with Crippen LogP contribution in [0.15, 0.2) is 12.1 Å². The monoisotopic (exact) mass is 316 g/mol. The number of anilines is 1. The van der Waals surface area contributed by atoms with Crippen molar-refractivity contribution in [1.82, 2.24) is 4.90 Å². The van der Waals surface area contributed by atoms with E-state index in [2.05, 4.69) is 6.92 Å². The standard InChI is InChI=1S/C18H24N2O3/c1-4-19-11-13(10-16(19)21)18(22)20-9-5-6-14-12(2)7-8-15(23-3)17(14)20/h7-8,13H,4-6,9-11H2,1-3H3. The quantitative estimate of drug-likeness (QED) is 0.858. The molecule has 0 aliphatic carbocycles. The van der Waals surface area contributed by atoms with E-state index in [4.69, 9.17) is 4.74 Å². The molecule has 1 aromatic carbocycles. The third-order valence-electron chi connectivity index (χ3n) is 4.99. The smallest absolute Gasteiger partial charge is 0.232 e. The lowest BCUT2D eigenvalue weighted by Crippen LogP contribution is -2.41. The molecule has 1 saturated heterocycles. The van der Waals surface area contributed by atoms with E-state index in [-0.39, 0.29) is 17.7 Å². The lowest BCUT2D eigenvalue weighted by atomic mass is 9.94. The topological polar surface area (TPSA) is 49.9 Å². The van der Waals surface area contributed by atoms with Crippen LogP contribution >= 0.6 is 0 Å². The molecule has 0 N–H and O–H groups in total. The summed E-state index contributed by atoms with van der Waals surface area (Å²) in [5.41, 5.74) is 3.29. The van der Waals surface area contributed by atoms with Gasteiger partial charge in [0.1, 0.15) is 5.75 Å². The summed E-state index contributed by atoms with van der Waals surface area (Å²) in [5.74, 6) is 0.646. The number of ether oxygens (including phenoxy) is 1. The molecule has 2 aliphatic rings. The summed E-state index contributed by atoms with van der Waals surface area (Å²) in [6.45, 7) is 5.93. The van der Waals surface area contributed by atoms with Crippen LogP contribution < -0.4 is 9.64 Å². The van der Waals surface area contributed by atoms with Crippen molar-refractivity contribution in [3.05, 3.63) is 23.3 Å². The van der Waals surface area contributed by atoms with Crippen LogP contribution in [-0.2, 0) is 16.0 Å². The van der Waals surface area contributed by atoms with E-state index in [1.165, 1.54) is 11.1 Å². The molecule has 2 aliphatic heterocycles. The number of hydrogen-bond donors (Lipinski definition) is 0. The number of amides is 2. The molecule has 2 amide bonds. The van der Waals surface area contributed by atoms with Crippen molar-refractivity contribution in [1.29, 1.82) is 0 Å². The highest BCUT2D eigenvalue weighted by molar-refractivity contribution is 6.01. The highest BCUT2D eigenvalue weighted by Gasteiger charge is 2.38. The summed E-state index contributed by atoms with van der Waals surface area (Å²) in [6, 6.07) is 3.97. The fourth-order valence-electron chi connectivity index (χ4n) is 3.70. The molecule has 1 aromatic rings. The number of hydrogen-bond acceptors (Lipinski definition) is 3. The number of carbonyl (C=O) groups is 2. The van der Waals surface area contributed by atoms with Crippen molar-refractivity contribution in [2.24, 2.45) is 5.92 Å². The lowest BCUT2D eigenvalue weighted by molar-refractivity contribution is -0.128. The van der Waals surface area contributed by atoms with Crippen LogP contribution in [-0.4, -0.2) is 43.5 Å². The summed E-state index contributed by atoms with van der Waals surface area (Å²) in [6.07, 6.45) is 2.24. The van der Waals surface area contributed by atoms with E-state index >= 15 is 0 Å². The van der Waals surface area contributed by atoms with Gasteiger partial charge < -0.3 is 14.5 Å². The molecule has 1 unspecified atom stereocenters. The number of rotatable bonds is 3. The second-order valence-electron chi connectivity index (χ2n) is 6.34. The molecule has 1 fully saturated rings. The van der Waals surface area contributed by atoms with Gasteiger partial charge in [-0.05, 0) is 43.9 Å². The van der Waals surface area contributed by atoms with Crippen molar-refractivity contribution >= 4 is 17.5 Å². The Morgan fingerprint density at radius 2 is 2.17 bits per heavy atom. The molecule has 0 radical (unpaired) electrons. The summed E-state index contributed by atoms with van der Waals surface area (Å²) < 4.78 is 5.50. The average molecular weight is 316 g/mol. The molecule has 0 spiro atoms. The Bertz CT molecular complexity index is 641. The van der Waals surface area contributed by atoms with Gasteiger partial charge in [0.15, 0.2) is 0 Å². The normalized spacial score (nSPS) is 20.7. The second-order valence-corrected chi connectivity index (χ2v) is 6.34. The predicted octanol–water partition coefficient (Wildman–Crippen LogP) is 2.15. The molecule has 2 heterocycles. The summed E-state index contributed by atoms with van der Waals surface area (Å²) in [7, 11) is 1.64. The van der Waals surface area contributed by atoms with Gasteiger partial charge in [-0.3, -0.25) is 9.59 Å². The maximum absolute atomic E-state index is 13.0. The first-order valence-electron chi connectivity index (χ1n) is 8.32. The minimum atomic E-state index is -0.237. The Morgan fingerprint density at radius 1 is 1.39 bits per heavy atom. The number of benzene rings is 1. The van der Waals surface area contributed by atoms with Crippen LogP contribution in [0.25, 0.3) is 0 Å². The average Bonchev–Trinajstić information content (AvgIpc) is 2.95. The van der Waals surface area contributed by atoms with Crippen LogP contribution in [0.5, 0.6) is 5.75 Å². The van der Waals surface area contributed by atoms with Gasteiger partial charge >= 0.3 is 0 Å². The van der Waals surface area contributed by atoms with Crippen molar-refractivity contribution in [2.45, 2.75) is 33.1 Å². The summed E-state index contributed by atoms with van der Waals surface area (Å²) >= 11 is 0. The zero-order chi connectivity index (χ0) is 16.6. The minimum Gasteiger partial charge on any atom is -0.495 e. The molecule has 124 valence electrons. The first-order valence-corrected chi connectivity index (χ1v) is 8.32. The van der Waals surface area contributed by atoms with Crippen molar-refractivity contribution in [2.75, 3.05) is 31.6 Å². The van der Waals surface area contributed by atoms with Gasteiger partial charge in [0.2, 0.25) is 11.8 Å². The van der Waals surface area contributed by atoms with Crippen LogP contribution in [0.1, 0.15) is 30.9 Å². The zero-order valence-corrected chi connectivity index (χ0v) is 14.1. The molecular weight excluding hydrogens is 292 g/mol. The largest absolute Gasteiger partial charge is 0.495 e. The maximum atomic E-state index is 13.0. The van der Waals surface area contributed by atoms with Crippen molar-refractivity contribution in [3.63, 3.8) is 0 Å². The third-order valence-corrected chi connectivity index (χ3v) is 4.99. The fourth-order valence-corrected chi connectivity index (χ4v) is 3.70. The number of fused-ring (bicyclic) bond motifs is 1. The zero-order valence-electron chi connectivity index (χ0n) is 14.1. The first-order chi connectivity index (χ1) is 11.1. The van der Waals surface area contributed by atoms with Gasteiger partial charge in [0.05, 0.1) is 18.7 Å². The summed E-state index contributed by atoms with van der Waals surface area (Å²) in [5, 5.41) is 0. The van der Waals surface area contributed by atoms with Crippen LogP contribution in [0.3, 0.4) is 0 Å². The Morgan fingerprint density at radius 3 is 2.83 bits per heavy atom. The number of likely N-dealkylation sites (tertiary alicyclic amines) is 1. The Kier molecular flexibility index (Phi) is 4.28. The molecular formula is C18H24N2O3. The highest BCUT2D eigenvalue weighted by Crippen LogP contribution is 2.39. The van der Waals surface area contributed by atoms with Crippen LogP contribution in [0.2, 0.25) is 0 Å². The van der Waals surface area contributed by atoms with Crippen LogP contribution in [0.4, 0.5) is 5.69 Å². The van der Waals surface area contributed by atoms with Crippen molar-refractivity contribution < 1.29 is 14.3 Å². The number of carbonyl (C=O) groups excluding carboxylic acids is 2.